The van der Waals surface area contributed by atoms with Crippen molar-refractivity contribution in [3.8, 4) is 11.5 Å². The summed E-state index contributed by atoms with van der Waals surface area (Å²) in [7, 11) is 0. The second kappa shape index (κ2) is 8.27. The summed E-state index contributed by atoms with van der Waals surface area (Å²) in [6, 6.07) is 7.61. The van der Waals surface area contributed by atoms with E-state index in [-0.39, 0.29) is 11.5 Å². The van der Waals surface area contributed by atoms with Crippen LogP contribution in [0.3, 0.4) is 0 Å². The van der Waals surface area contributed by atoms with Gasteiger partial charge in [0.2, 0.25) is 0 Å². The van der Waals surface area contributed by atoms with E-state index in [1.54, 1.807) is 18.2 Å². The van der Waals surface area contributed by atoms with E-state index < -0.39 is 16.7 Å². The zero-order valence-corrected chi connectivity index (χ0v) is 14.7. The van der Waals surface area contributed by atoms with Crippen molar-refractivity contribution in [2.75, 3.05) is 19.8 Å². The molecule has 0 spiro atoms. The molecule has 2 heterocycles. The molecule has 1 aliphatic rings. The number of fused-ring (bicyclic) bond motifs is 1. The van der Waals surface area contributed by atoms with Gasteiger partial charge < -0.3 is 14.8 Å². The van der Waals surface area contributed by atoms with Gasteiger partial charge in [-0.3, -0.25) is 19.7 Å². The predicted octanol–water partition coefficient (Wildman–Crippen LogP) is 1.31. The lowest BCUT2D eigenvalue weighted by Gasteiger charge is -2.18. The molecule has 27 heavy (non-hydrogen) atoms. The van der Waals surface area contributed by atoms with Crippen LogP contribution < -0.4 is 20.2 Å². The molecule has 0 fully saturated rings. The average Bonchev–Trinajstić information content (AvgIpc) is 3.15. The lowest BCUT2D eigenvalue weighted by molar-refractivity contribution is -0.380. The minimum Gasteiger partial charge on any atom is -0.486 e. The van der Waals surface area contributed by atoms with E-state index in [1.807, 2.05) is 0 Å². The number of rotatable bonds is 6. The molecule has 0 radical (unpaired) electrons. The predicted molar refractivity (Wildman–Crippen MR) is 96.5 cm³/mol. The summed E-state index contributed by atoms with van der Waals surface area (Å²) in [5, 5.41) is 16.7. The Morgan fingerprint density at radius 2 is 2.00 bits per heavy atom. The van der Waals surface area contributed by atoms with Gasteiger partial charge in [-0.1, -0.05) is 11.3 Å². The first kappa shape index (κ1) is 18.3. The smallest absolute Gasteiger partial charge is 0.324 e. The fourth-order valence-corrected chi connectivity index (χ4v) is 2.86. The first-order valence-corrected chi connectivity index (χ1v) is 8.58. The molecule has 0 saturated heterocycles. The fraction of sp³-hybridized carbons (Fsp3) is 0.188. The van der Waals surface area contributed by atoms with Gasteiger partial charge in [0, 0.05) is 11.6 Å². The summed E-state index contributed by atoms with van der Waals surface area (Å²) >= 11 is 0.928. The number of nitro groups is 1. The molecule has 1 aliphatic heterocycles. The molecule has 0 unspecified atom stereocenters. The fourth-order valence-electron chi connectivity index (χ4n) is 2.16. The monoisotopic (exact) mass is 390 g/mol. The van der Waals surface area contributed by atoms with Gasteiger partial charge in [0.15, 0.2) is 11.5 Å². The van der Waals surface area contributed by atoms with Crippen LogP contribution in [-0.4, -0.2) is 42.7 Å². The molecule has 10 nitrogen and oxygen atoms in total. The molecule has 11 heteroatoms. The maximum Gasteiger partial charge on any atom is 0.324 e. The van der Waals surface area contributed by atoms with Crippen LogP contribution >= 0.6 is 11.3 Å². The number of hydrogen-bond donors (Lipinski definition) is 2. The summed E-state index contributed by atoms with van der Waals surface area (Å²) in [5.41, 5.74) is 2.57. The third-order valence-electron chi connectivity index (χ3n) is 3.39. The molecular weight excluding hydrogens is 376 g/mol. The second-order valence-corrected chi connectivity index (χ2v) is 6.36. The molecule has 3 rings (SSSR count). The van der Waals surface area contributed by atoms with Crippen molar-refractivity contribution in [3.05, 3.63) is 50.9 Å². The van der Waals surface area contributed by atoms with Crippen molar-refractivity contribution in [2.24, 2.45) is 5.10 Å². The number of carbonyl (C=O) groups is 2. The summed E-state index contributed by atoms with van der Waals surface area (Å²) in [4.78, 5) is 34.4. The van der Waals surface area contributed by atoms with Crippen molar-refractivity contribution in [2.45, 2.75) is 0 Å². The van der Waals surface area contributed by atoms with Crippen LogP contribution in [0.4, 0.5) is 5.00 Å². The highest BCUT2D eigenvalue weighted by Gasteiger charge is 2.15. The largest absolute Gasteiger partial charge is 0.486 e. The Morgan fingerprint density at radius 1 is 1.22 bits per heavy atom. The Bertz CT molecular complexity index is 910. The number of nitrogens with one attached hydrogen (secondary N) is 2. The standard InChI is InChI=1S/C16H14N4O6S/c21-14(19-18-8-11-2-4-15(27-11)20(23)24)9-17-16(22)10-1-3-12-13(7-10)26-6-5-25-12/h1-4,7-8H,5-6,9H2,(H,17,22)(H,19,21)/b18-8-. The molecule has 0 atom stereocenters. The Kier molecular flexibility index (Phi) is 5.61. The zero-order valence-electron chi connectivity index (χ0n) is 13.8. The summed E-state index contributed by atoms with van der Waals surface area (Å²) < 4.78 is 10.8. The van der Waals surface area contributed by atoms with Crippen molar-refractivity contribution in [1.29, 1.82) is 0 Å². The molecule has 140 valence electrons. The number of amides is 2. The van der Waals surface area contributed by atoms with E-state index in [2.05, 4.69) is 15.8 Å². The molecular formula is C16H14N4O6S. The van der Waals surface area contributed by atoms with Crippen LogP contribution in [0.15, 0.2) is 35.4 Å². The molecule has 0 aliphatic carbocycles. The first-order chi connectivity index (χ1) is 13.0. The minimum atomic E-state index is -0.539. The van der Waals surface area contributed by atoms with Crippen LogP contribution in [0.25, 0.3) is 0 Å². The summed E-state index contributed by atoms with van der Waals surface area (Å²) in [6.45, 7) is 0.582. The van der Waals surface area contributed by atoms with Crippen molar-refractivity contribution < 1.29 is 24.0 Å². The van der Waals surface area contributed by atoms with Gasteiger partial charge in [-0.2, -0.15) is 5.10 Å². The molecule has 2 amide bonds. The molecule has 0 saturated carbocycles. The van der Waals surface area contributed by atoms with E-state index in [4.69, 9.17) is 9.47 Å². The van der Waals surface area contributed by atoms with E-state index in [0.29, 0.717) is 35.2 Å². The second-order valence-electron chi connectivity index (χ2n) is 5.27. The molecule has 0 bridgehead atoms. The van der Waals surface area contributed by atoms with E-state index >= 15 is 0 Å². The summed E-state index contributed by atoms with van der Waals surface area (Å²) in [6.07, 6.45) is 1.29. The number of thiophene rings is 1. The maximum absolute atomic E-state index is 12.1. The zero-order chi connectivity index (χ0) is 19.2. The Hall–Kier alpha value is -3.47. The van der Waals surface area contributed by atoms with Gasteiger partial charge >= 0.3 is 5.00 Å². The van der Waals surface area contributed by atoms with Crippen molar-refractivity contribution >= 4 is 34.4 Å². The Morgan fingerprint density at radius 3 is 2.74 bits per heavy atom. The van der Waals surface area contributed by atoms with Crippen LogP contribution in [0.5, 0.6) is 11.5 Å². The Labute approximate surface area is 156 Å². The van der Waals surface area contributed by atoms with E-state index in [1.165, 1.54) is 18.3 Å². The lowest BCUT2D eigenvalue weighted by Crippen LogP contribution is -2.35. The van der Waals surface area contributed by atoms with Crippen LogP contribution in [0.1, 0.15) is 15.2 Å². The van der Waals surface area contributed by atoms with Crippen LogP contribution in [-0.2, 0) is 4.79 Å². The third kappa shape index (κ3) is 4.79. The molecule has 1 aromatic heterocycles. The lowest BCUT2D eigenvalue weighted by atomic mass is 10.2. The van der Waals surface area contributed by atoms with Crippen LogP contribution in [0.2, 0.25) is 0 Å². The molecule has 1 aromatic carbocycles. The highest BCUT2D eigenvalue weighted by atomic mass is 32.1. The number of ether oxygens (including phenoxy) is 2. The minimum absolute atomic E-state index is 0.0190. The first-order valence-electron chi connectivity index (χ1n) is 7.77. The van der Waals surface area contributed by atoms with E-state index in [9.17, 15) is 19.7 Å². The third-order valence-corrected chi connectivity index (χ3v) is 4.36. The number of benzene rings is 1. The van der Waals surface area contributed by atoms with Gasteiger partial charge in [-0.15, -0.1) is 0 Å². The van der Waals surface area contributed by atoms with E-state index in [0.717, 1.165) is 11.3 Å². The highest BCUT2D eigenvalue weighted by molar-refractivity contribution is 7.16. The Balaban J connectivity index is 1.47. The van der Waals surface area contributed by atoms with Gasteiger partial charge in [0.05, 0.1) is 22.6 Å². The summed E-state index contributed by atoms with van der Waals surface area (Å²) in [5.74, 6) is 0.0647. The normalized spacial score (nSPS) is 12.6. The van der Waals surface area contributed by atoms with Crippen molar-refractivity contribution in [1.82, 2.24) is 10.7 Å². The van der Waals surface area contributed by atoms with Gasteiger partial charge in [-0.25, -0.2) is 5.43 Å². The van der Waals surface area contributed by atoms with Gasteiger partial charge in [0.1, 0.15) is 13.2 Å². The van der Waals surface area contributed by atoms with Gasteiger partial charge in [0.25, 0.3) is 11.8 Å². The maximum atomic E-state index is 12.1. The van der Waals surface area contributed by atoms with Gasteiger partial charge in [-0.05, 0) is 24.3 Å². The number of carbonyl (C=O) groups excluding carboxylic acids is 2. The molecule has 2 aromatic rings. The number of hydrazone groups is 1. The number of nitrogens with zero attached hydrogens (tertiary/aromatic N) is 2. The topological polar surface area (TPSA) is 132 Å². The quantitative estimate of drug-likeness (QED) is 0.434. The van der Waals surface area contributed by atoms with Crippen molar-refractivity contribution in [3.63, 3.8) is 0 Å². The number of hydrogen-bond acceptors (Lipinski definition) is 8. The van der Waals surface area contributed by atoms with Crippen LogP contribution in [0, 0.1) is 10.1 Å². The molecule has 2 N–H and O–H groups in total. The SMILES string of the molecule is O=C(CNC(=O)c1ccc2c(c1)OCCO2)N/N=C\c1ccc([N+](=O)[O-])s1. The average molecular weight is 390 g/mol. The highest BCUT2D eigenvalue weighted by Crippen LogP contribution is 2.30.